The lowest BCUT2D eigenvalue weighted by molar-refractivity contribution is 0.387. The summed E-state index contributed by atoms with van der Waals surface area (Å²) in [6.07, 6.45) is 0.611. The number of hydrazine groups is 1. The van der Waals surface area contributed by atoms with Crippen LogP contribution in [0.3, 0.4) is 0 Å². The van der Waals surface area contributed by atoms with Crippen LogP contribution in [0.1, 0.15) is 17.4 Å². The average Bonchev–Trinajstić information content (AvgIpc) is 2.82. The lowest BCUT2D eigenvalue weighted by Gasteiger charge is -2.15. The van der Waals surface area contributed by atoms with Gasteiger partial charge < -0.3 is 9.15 Å². The number of halogens is 2. The van der Waals surface area contributed by atoms with Gasteiger partial charge in [-0.25, -0.2) is 5.43 Å². The third-order valence-corrected chi connectivity index (χ3v) is 3.47. The first-order chi connectivity index (χ1) is 9.13. The second-order valence-electron chi connectivity index (χ2n) is 4.02. The standard InChI is InChI=1S/C13H14BrClN2O2/c1-18-11-3-2-9(15)6-8(11)7-10(17-16)12-4-5-13(14)19-12/h2-6,10,17H,7,16H2,1H3. The molecule has 1 unspecified atom stereocenters. The van der Waals surface area contributed by atoms with Crippen molar-refractivity contribution in [2.24, 2.45) is 5.84 Å². The van der Waals surface area contributed by atoms with Crippen molar-refractivity contribution >= 4 is 27.5 Å². The third-order valence-electron chi connectivity index (χ3n) is 2.81. The largest absolute Gasteiger partial charge is 0.496 e. The zero-order valence-corrected chi connectivity index (χ0v) is 12.7. The van der Waals surface area contributed by atoms with Crippen molar-refractivity contribution in [2.75, 3.05) is 7.11 Å². The van der Waals surface area contributed by atoms with Crippen molar-refractivity contribution in [1.29, 1.82) is 0 Å². The third kappa shape index (κ3) is 3.51. The molecule has 19 heavy (non-hydrogen) atoms. The van der Waals surface area contributed by atoms with Crippen molar-refractivity contribution < 1.29 is 9.15 Å². The highest BCUT2D eigenvalue weighted by molar-refractivity contribution is 9.10. The number of benzene rings is 1. The molecule has 0 aliphatic heterocycles. The van der Waals surface area contributed by atoms with Crippen molar-refractivity contribution in [2.45, 2.75) is 12.5 Å². The van der Waals surface area contributed by atoms with Gasteiger partial charge in [0.05, 0.1) is 13.2 Å². The Morgan fingerprint density at radius 3 is 2.79 bits per heavy atom. The van der Waals surface area contributed by atoms with Crippen molar-refractivity contribution in [3.8, 4) is 5.75 Å². The summed E-state index contributed by atoms with van der Waals surface area (Å²) in [5, 5.41) is 0.659. The average molecular weight is 346 g/mol. The smallest absolute Gasteiger partial charge is 0.169 e. The monoisotopic (exact) mass is 344 g/mol. The van der Waals surface area contributed by atoms with E-state index in [2.05, 4.69) is 21.4 Å². The summed E-state index contributed by atoms with van der Waals surface area (Å²) in [5.41, 5.74) is 3.70. The molecule has 2 rings (SSSR count). The van der Waals surface area contributed by atoms with Crippen molar-refractivity contribution in [3.63, 3.8) is 0 Å². The molecule has 0 fully saturated rings. The van der Waals surface area contributed by atoms with Crippen LogP contribution in [0.5, 0.6) is 5.75 Å². The summed E-state index contributed by atoms with van der Waals surface area (Å²) in [6, 6.07) is 9.03. The van der Waals surface area contributed by atoms with Crippen LogP contribution in [0.25, 0.3) is 0 Å². The van der Waals surface area contributed by atoms with Gasteiger partial charge in [0.25, 0.3) is 0 Å². The van der Waals surface area contributed by atoms with Gasteiger partial charge in [-0.05, 0) is 58.2 Å². The number of ether oxygens (including phenoxy) is 1. The fourth-order valence-corrected chi connectivity index (χ4v) is 2.40. The summed E-state index contributed by atoms with van der Waals surface area (Å²) < 4.78 is 11.5. The van der Waals surface area contributed by atoms with Crippen molar-refractivity contribution in [1.82, 2.24) is 5.43 Å². The molecule has 1 atom stereocenters. The highest BCUT2D eigenvalue weighted by Crippen LogP contribution is 2.29. The second-order valence-corrected chi connectivity index (χ2v) is 5.24. The maximum atomic E-state index is 6.01. The molecular weight excluding hydrogens is 332 g/mol. The molecule has 102 valence electrons. The first-order valence-electron chi connectivity index (χ1n) is 5.68. The minimum Gasteiger partial charge on any atom is -0.496 e. The Morgan fingerprint density at radius 1 is 1.42 bits per heavy atom. The maximum Gasteiger partial charge on any atom is 0.169 e. The minimum absolute atomic E-state index is 0.154. The van der Waals surface area contributed by atoms with E-state index in [1.54, 1.807) is 13.2 Å². The van der Waals surface area contributed by atoms with Crippen LogP contribution in [0.4, 0.5) is 0 Å². The summed E-state index contributed by atoms with van der Waals surface area (Å²) >= 11 is 9.29. The number of hydrogen-bond donors (Lipinski definition) is 2. The molecule has 1 aromatic carbocycles. The molecule has 1 aromatic heterocycles. The Hall–Kier alpha value is -1.01. The van der Waals surface area contributed by atoms with Crippen LogP contribution >= 0.6 is 27.5 Å². The summed E-state index contributed by atoms with van der Waals surface area (Å²) in [7, 11) is 1.63. The molecule has 6 heteroatoms. The SMILES string of the molecule is COc1ccc(Cl)cc1CC(NN)c1ccc(Br)o1. The number of furan rings is 1. The van der Waals surface area contributed by atoms with Gasteiger partial charge in [-0.1, -0.05) is 11.6 Å². The molecule has 0 aliphatic rings. The Morgan fingerprint density at radius 2 is 2.21 bits per heavy atom. The molecule has 0 amide bonds. The molecule has 2 aromatic rings. The zero-order chi connectivity index (χ0) is 13.8. The van der Waals surface area contributed by atoms with Crippen LogP contribution in [0.2, 0.25) is 5.02 Å². The van der Waals surface area contributed by atoms with E-state index in [9.17, 15) is 0 Å². The van der Waals surface area contributed by atoms with Crippen LogP contribution < -0.4 is 16.0 Å². The van der Waals surface area contributed by atoms with Gasteiger partial charge in [0.2, 0.25) is 0 Å². The zero-order valence-electron chi connectivity index (χ0n) is 10.3. The molecule has 0 saturated heterocycles. The van der Waals surface area contributed by atoms with E-state index in [0.717, 1.165) is 17.1 Å². The molecule has 0 aliphatic carbocycles. The van der Waals surface area contributed by atoms with E-state index in [-0.39, 0.29) is 6.04 Å². The van der Waals surface area contributed by atoms with Gasteiger partial charge in [-0.15, -0.1) is 0 Å². The van der Waals surface area contributed by atoms with Crippen molar-refractivity contribution in [3.05, 3.63) is 51.3 Å². The maximum absolute atomic E-state index is 6.01. The second kappa shape index (κ2) is 6.43. The molecule has 0 bridgehead atoms. The Kier molecular flexibility index (Phi) is 4.87. The van der Waals surface area contributed by atoms with Crippen LogP contribution in [0.15, 0.2) is 39.4 Å². The van der Waals surface area contributed by atoms with Gasteiger partial charge >= 0.3 is 0 Å². The highest BCUT2D eigenvalue weighted by atomic mass is 79.9. The predicted octanol–water partition coefficient (Wildman–Crippen LogP) is 3.45. The number of nitrogens with two attached hydrogens (primary N) is 1. The number of hydrogen-bond acceptors (Lipinski definition) is 4. The van der Waals surface area contributed by atoms with Crippen LogP contribution in [-0.4, -0.2) is 7.11 Å². The molecule has 1 heterocycles. The first-order valence-corrected chi connectivity index (χ1v) is 6.85. The van der Waals surface area contributed by atoms with Gasteiger partial charge in [0.15, 0.2) is 4.67 Å². The summed E-state index contributed by atoms with van der Waals surface area (Å²) in [5.74, 6) is 7.11. The fourth-order valence-electron chi connectivity index (χ4n) is 1.88. The summed E-state index contributed by atoms with van der Waals surface area (Å²) in [4.78, 5) is 0. The molecule has 0 saturated carbocycles. The van der Waals surface area contributed by atoms with Gasteiger partial charge in [0, 0.05) is 5.02 Å². The molecule has 4 nitrogen and oxygen atoms in total. The summed E-state index contributed by atoms with van der Waals surface area (Å²) in [6.45, 7) is 0. The van der Waals surface area contributed by atoms with Gasteiger partial charge in [-0.2, -0.15) is 0 Å². The van der Waals surface area contributed by atoms with Gasteiger partial charge in [-0.3, -0.25) is 5.84 Å². The fraction of sp³-hybridized carbons (Fsp3) is 0.231. The molecule has 3 N–H and O–H groups in total. The van der Waals surface area contributed by atoms with E-state index >= 15 is 0 Å². The lowest BCUT2D eigenvalue weighted by Crippen LogP contribution is -2.29. The van der Waals surface area contributed by atoms with Crippen LogP contribution in [0, 0.1) is 0 Å². The van der Waals surface area contributed by atoms with E-state index in [1.165, 1.54) is 0 Å². The molecule has 0 spiro atoms. The molecule has 0 radical (unpaired) electrons. The van der Waals surface area contributed by atoms with Crippen LogP contribution in [-0.2, 0) is 6.42 Å². The first kappa shape index (κ1) is 14.4. The van der Waals surface area contributed by atoms with E-state index in [1.807, 2.05) is 24.3 Å². The predicted molar refractivity (Wildman–Crippen MR) is 78.2 cm³/mol. The van der Waals surface area contributed by atoms with Gasteiger partial charge in [0.1, 0.15) is 11.5 Å². The number of methoxy groups -OCH3 is 1. The lowest BCUT2D eigenvalue weighted by atomic mass is 10.0. The Bertz CT molecular complexity index is 559. The normalized spacial score (nSPS) is 12.4. The number of rotatable bonds is 5. The van der Waals surface area contributed by atoms with E-state index in [4.69, 9.17) is 26.6 Å². The molecular formula is C13H14BrClN2O2. The van der Waals surface area contributed by atoms with E-state index in [0.29, 0.717) is 16.1 Å². The van der Waals surface area contributed by atoms with E-state index < -0.39 is 0 Å². The Balaban J connectivity index is 2.25. The number of nitrogens with one attached hydrogen (secondary N) is 1. The topological polar surface area (TPSA) is 60.4 Å². The minimum atomic E-state index is -0.154. The quantitative estimate of drug-likeness (QED) is 0.643. The highest BCUT2D eigenvalue weighted by Gasteiger charge is 2.17. The Labute approximate surface area is 125 Å².